The summed E-state index contributed by atoms with van der Waals surface area (Å²) in [7, 11) is 0. The van der Waals surface area contributed by atoms with Crippen LogP contribution in [0.5, 0.6) is 11.5 Å². The molecule has 2 aromatic carbocycles. The number of benzene rings is 2. The zero-order valence-electron chi connectivity index (χ0n) is 22.8. The molecule has 6 rings (SSSR count). The van der Waals surface area contributed by atoms with Gasteiger partial charge in [0.05, 0.1) is 11.4 Å². The van der Waals surface area contributed by atoms with Gasteiger partial charge in [0, 0.05) is 69.4 Å². The summed E-state index contributed by atoms with van der Waals surface area (Å²) in [5.74, 6) is 1.25. The van der Waals surface area contributed by atoms with Crippen LogP contribution < -0.4 is 25.0 Å². The van der Waals surface area contributed by atoms with Crippen LogP contribution in [0.25, 0.3) is 0 Å². The first-order valence-corrected chi connectivity index (χ1v) is 14.5. The number of carbonyl (C=O) groups is 3. The Balaban J connectivity index is 1.20. The summed E-state index contributed by atoms with van der Waals surface area (Å²) < 4.78 is 10.8. The number of fused-ring (bicyclic) bond motifs is 1. The number of carbonyl (C=O) groups excluding carboxylic acids is 3. The van der Waals surface area contributed by atoms with Gasteiger partial charge in [0.15, 0.2) is 11.5 Å². The third kappa shape index (κ3) is 5.58. The van der Waals surface area contributed by atoms with Crippen LogP contribution in [-0.4, -0.2) is 86.7 Å². The monoisotopic (exact) mass is 547 g/mol. The zero-order chi connectivity index (χ0) is 27.5. The molecule has 1 saturated carbocycles. The van der Waals surface area contributed by atoms with Gasteiger partial charge in [-0.1, -0.05) is 12.8 Å². The standard InChI is InChI=1S/C30H37N5O5/c36-28(21-4-1-2-5-21)32-24-18-22(29(37)35-14-10-31-11-15-35)6-8-25(24)33-12-3-13-34(17-16-33)30(38)23-7-9-26-27(19-23)40-20-39-26/h6-9,18-19,21,31H,1-5,10-17,20H2,(H,32,36). The third-order valence-electron chi connectivity index (χ3n) is 8.37. The highest BCUT2D eigenvalue weighted by atomic mass is 16.7. The van der Waals surface area contributed by atoms with Gasteiger partial charge < -0.3 is 34.8 Å². The second-order valence-corrected chi connectivity index (χ2v) is 10.9. The first kappa shape index (κ1) is 26.4. The molecule has 1 aliphatic carbocycles. The van der Waals surface area contributed by atoms with Crippen LogP contribution in [0.4, 0.5) is 11.4 Å². The molecule has 3 amide bonds. The van der Waals surface area contributed by atoms with E-state index in [9.17, 15) is 14.4 Å². The Bertz CT molecular complexity index is 1270. The maximum atomic E-state index is 13.3. The van der Waals surface area contributed by atoms with Crippen LogP contribution in [0.2, 0.25) is 0 Å². The number of rotatable bonds is 5. The smallest absolute Gasteiger partial charge is 0.254 e. The lowest BCUT2D eigenvalue weighted by molar-refractivity contribution is -0.119. The quantitative estimate of drug-likeness (QED) is 0.593. The molecule has 40 heavy (non-hydrogen) atoms. The number of hydrogen-bond acceptors (Lipinski definition) is 7. The molecule has 2 N–H and O–H groups in total. The van der Waals surface area contributed by atoms with Gasteiger partial charge in [-0.05, 0) is 55.7 Å². The van der Waals surface area contributed by atoms with E-state index >= 15 is 0 Å². The van der Waals surface area contributed by atoms with Crippen molar-refractivity contribution < 1.29 is 23.9 Å². The van der Waals surface area contributed by atoms with Crippen molar-refractivity contribution in [3.63, 3.8) is 0 Å². The molecule has 212 valence electrons. The molecule has 10 heteroatoms. The first-order chi connectivity index (χ1) is 19.6. The van der Waals surface area contributed by atoms with Crippen molar-refractivity contribution in [1.29, 1.82) is 0 Å². The van der Waals surface area contributed by atoms with Gasteiger partial charge >= 0.3 is 0 Å². The third-order valence-corrected chi connectivity index (χ3v) is 8.37. The average molecular weight is 548 g/mol. The Morgan fingerprint density at radius 1 is 0.750 bits per heavy atom. The Hall–Kier alpha value is -3.79. The van der Waals surface area contributed by atoms with Crippen molar-refractivity contribution in [2.24, 2.45) is 5.92 Å². The largest absolute Gasteiger partial charge is 0.454 e. The van der Waals surface area contributed by atoms with Crippen LogP contribution in [-0.2, 0) is 4.79 Å². The van der Waals surface area contributed by atoms with E-state index in [1.54, 1.807) is 18.2 Å². The van der Waals surface area contributed by atoms with E-state index in [1.165, 1.54) is 0 Å². The van der Waals surface area contributed by atoms with Crippen molar-refractivity contribution in [1.82, 2.24) is 15.1 Å². The topological polar surface area (TPSA) is 103 Å². The molecular formula is C30H37N5O5. The van der Waals surface area contributed by atoms with Gasteiger partial charge in [-0.3, -0.25) is 14.4 Å². The fourth-order valence-corrected chi connectivity index (χ4v) is 6.09. The van der Waals surface area contributed by atoms with Gasteiger partial charge in [0.25, 0.3) is 11.8 Å². The predicted octanol–water partition coefficient (Wildman–Crippen LogP) is 2.94. The van der Waals surface area contributed by atoms with E-state index in [4.69, 9.17) is 9.47 Å². The lowest BCUT2D eigenvalue weighted by Crippen LogP contribution is -2.46. The summed E-state index contributed by atoms with van der Waals surface area (Å²) in [6.07, 6.45) is 4.74. The average Bonchev–Trinajstić information content (AvgIpc) is 3.65. The Morgan fingerprint density at radius 2 is 1.45 bits per heavy atom. The molecule has 0 spiro atoms. The number of anilines is 2. The maximum Gasteiger partial charge on any atom is 0.254 e. The molecular weight excluding hydrogens is 510 g/mol. The van der Waals surface area contributed by atoms with Crippen LogP contribution in [0.15, 0.2) is 36.4 Å². The van der Waals surface area contributed by atoms with Gasteiger partial charge in [-0.2, -0.15) is 0 Å². The maximum absolute atomic E-state index is 13.3. The molecule has 3 aliphatic heterocycles. The second kappa shape index (κ2) is 11.8. The molecule has 0 radical (unpaired) electrons. The van der Waals surface area contributed by atoms with Crippen molar-refractivity contribution in [2.75, 3.05) is 69.4 Å². The minimum absolute atomic E-state index is 0.0132. The van der Waals surface area contributed by atoms with Crippen LogP contribution in [0.1, 0.15) is 52.8 Å². The molecule has 3 heterocycles. The number of amides is 3. The summed E-state index contributed by atoms with van der Waals surface area (Å²) >= 11 is 0. The van der Waals surface area contributed by atoms with Gasteiger partial charge in [0.2, 0.25) is 12.7 Å². The minimum Gasteiger partial charge on any atom is -0.454 e. The van der Waals surface area contributed by atoms with Crippen LogP contribution in [0.3, 0.4) is 0 Å². The molecule has 0 unspecified atom stereocenters. The summed E-state index contributed by atoms with van der Waals surface area (Å²) in [5.41, 5.74) is 2.73. The fourth-order valence-electron chi connectivity index (χ4n) is 6.09. The highest BCUT2D eigenvalue weighted by Gasteiger charge is 2.27. The van der Waals surface area contributed by atoms with Crippen molar-refractivity contribution in [3.8, 4) is 11.5 Å². The highest BCUT2D eigenvalue weighted by molar-refractivity contribution is 6.01. The Morgan fingerprint density at radius 3 is 2.25 bits per heavy atom. The van der Waals surface area contributed by atoms with E-state index in [-0.39, 0.29) is 30.4 Å². The molecule has 0 aromatic heterocycles. The van der Waals surface area contributed by atoms with Crippen LogP contribution in [0, 0.1) is 5.92 Å². The van der Waals surface area contributed by atoms with Crippen molar-refractivity contribution >= 4 is 29.1 Å². The van der Waals surface area contributed by atoms with E-state index in [2.05, 4.69) is 15.5 Å². The number of ether oxygens (including phenoxy) is 2. The molecule has 2 saturated heterocycles. The molecule has 3 fully saturated rings. The fraction of sp³-hybridized carbons (Fsp3) is 0.500. The minimum atomic E-state index is -0.0353. The molecule has 4 aliphatic rings. The van der Waals surface area contributed by atoms with Gasteiger partial charge in [-0.15, -0.1) is 0 Å². The highest BCUT2D eigenvalue weighted by Crippen LogP contribution is 2.34. The Labute approximate surface area is 234 Å². The number of piperazine rings is 1. The van der Waals surface area contributed by atoms with Gasteiger partial charge in [0.1, 0.15) is 0 Å². The number of nitrogens with one attached hydrogen (secondary N) is 2. The van der Waals surface area contributed by atoms with E-state index in [0.717, 1.165) is 57.4 Å². The summed E-state index contributed by atoms with van der Waals surface area (Å²) in [5, 5.41) is 6.47. The summed E-state index contributed by atoms with van der Waals surface area (Å²) in [6, 6.07) is 11.0. The zero-order valence-corrected chi connectivity index (χ0v) is 22.8. The molecule has 10 nitrogen and oxygen atoms in total. The normalized spacial score (nSPS) is 19.4. The van der Waals surface area contributed by atoms with Crippen molar-refractivity contribution in [3.05, 3.63) is 47.5 Å². The molecule has 0 bridgehead atoms. The predicted molar refractivity (Wildman–Crippen MR) is 151 cm³/mol. The lowest BCUT2D eigenvalue weighted by atomic mass is 10.1. The number of nitrogens with zero attached hydrogens (tertiary/aromatic N) is 3. The number of hydrogen-bond donors (Lipinski definition) is 2. The first-order valence-electron chi connectivity index (χ1n) is 14.5. The second-order valence-electron chi connectivity index (χ2n) is 10.9. The Kier molecular flexibility index (Phi) is 7.77. The molecule has 0 atom stereocenters. The van der Waals surface area contributed by atoms with Crippen LogP contribution >= 0.6 is 0 Å². The molecule has 2 aromatic rings. The van der Waals surface area contributed by atoms with E-state index in [0.29, 0.717) is 61.0 Å². The van der Waals surface area contributed by atoms with E-state index in [1.807, 2.05) is 28.0 Å². The summed E-state index contributed by atoms with van der Waals surface area (Å²) in [4.78, 5) is 45.7. The SMILES string of the molecule is O=C(Nc1cc(C(=O)N2CCNCC2)ccc1N1CCCN(C(=O)c2ccc3c(c2)OCO3)CC1)C1CCCC1. The van der Waals surface area contributed by atoms with Gasteiger partial charge in [-0.25, -0.2) is 0 Å². The van der Waals surface area contributed by atoms with Crippen molar-refractivity contribution in [2.45, 2.75) is 32.1 Å². The van der Waals surface area contributed by atoms with E-state index < -0.39 is 0 Å². The lowest BCUT2D eigenvalue weighted by Gasteiger charge is -2.29. The summed E-state index contributed by atoms with van der Waals surface area (Å²) in [6.45, 7) is 5.61.